The fourth-order valence-corrected chi connectivity index (χ4v) is 2.68. The maximum atomic E-state index is 13.3. The van der Waals surface area contributed by atoms with Crippen molar-refractivity contribution in [2.75, 3.05) is 6.61 Å². The molecule has 8 heteroatoms. The second kappa shape index (κ2) is 5.97. The summed E-state index contributed by atoms with van der Waals surface area (Å²) in [5, 5.41) is 0. The van der Waals surface area contributed by atoms with Crippen molar-refractivity contribution in [3.05, 3.63) is 34.6 Å². The van der Waals surface area contributed by atoms with Crippen LogP contribution in [0.3, 0.4) is 0 Å². The number of hydrogen-bond acceptors (Lipinski definition) is 2. The Kier molecular flexibility index (Phi) is 5.05. The minimum atomic E-state index is -2.65. The first-order chi connectivity index (χ1) is 8.71. The number of hydrogen-bond donors (Lipinski definition) is 0. The molecule has 0 saturated heterocycles. The van der Waals surface area contributed by atoms with Gasteiger partial charge < -0.3 is 8.85 Å². The van der Waals surface area contributed by atoms with Crippen LogP contribution in [0.2, 0.25) is 13.1 Å². The lowest BCUT2D eigenvalue weighted by Gasteiger charge is -2.22. The Labute approximate surface area is 108 Å². The molecule has 0 aliphatic heterocycles. The molecule has 0 fully saturated rings. The summed E-state index contributed by atoms with van der Waals surface area (Å²) in [4.78, 5) is 0. The quantitative estimate of drug-likeness (QED) is 0.358. The molecule has 0 amide bonds. The van der Waals surface area contributed by atoms with Gasteiger partial charge in [-0.05, 0) is 20.0 Å². The van der Waals surface area contributed by atoms with Gasteiger partial charge in [0.15, 0.2) is 23.3 Å². The SMILES string of the molecule is CCO[Si](C)(C)OCc1c(F)c(F)c(F)c(F)c1F. The molecule has 2 nitrogen and oxygen atoms in total. The molecule has 0 atom stereocenters. The lowest BCUT2D eigenvalue weighted by atomic mass is 10.2. The van der Waals surface area contributed by atoms with Crippen LogP contribution in [0, 0.1) is 29.1 Å². The Hall–Kier alpha value is -0.993. The summed E-state index contributed by atoms with van der Waals surface area (Å²) in [5.74, 6) is -9.89. The minimum Gasteiger partial charge on any atom is -0.395 e. The van der Waals surface area contributed by atoms with E-state index < -0.39 is 49.8 Å². The van der Waals surface area contributed by atoms with Gasteiger partial charge in [-0.2, -0.15) is 0 Å². The molecule has 0 aliphatic rings. The third-order valence-electron chi connectivity index (χ3n) is 2.36. The van der Waals surface area contributed by atoms with E-state index in [-0.39, 0.29) is 0 Å². The molecule has 1 aromatic carbocycles. The average Bonchev–Trinajstić information content (AvgIpc) is 2.34. The van der Waals surface area contributed by atoms with Crippen molar-refractivity contribution < 1.29 is 30.8 Å². The van der Waals surface area contributed by atoms with E-state index in [9.17, 15) is 22.0 Å². The molecular weight excluding hydrogens is 287 g/mol. The molecule has 0 saturated carbocycles. The van der Waals surface area contributed by atoms with Gasteiger partial charge in [-0.15, -0.1) is 0 Å². The van der Waals surface area contributed by atoms with E-state index in [0.717, 1.165) is 0 Å². The molecule has 0 radical (unpaired) electrons. The third kappa shape index (κ3) is 3.52. The van der Waals surface area contributed by atoms with Crippen LogP contribution in [0.4, 0.5) is 22.0 Å². The maximum Gasteiger partial charge on any atom is 0.332 e. The normalized spacial score (nSPS) is 12.0. The van der Waals surface area contributed by atoms with Gasteiger partial charge in [-0.25, -0.2) is 22.0 Å². The Balaban J connectivity index is 3.03. The second-order valence-corrected chi connectivity index (χ2v) is 7.55. The molecule has 108 valence electrons. The minimum absolute atomic E-state index is 0.330. The standard InChI is InChI=1S/C11H13F5O2Si/c1-4-17-19(2,3)18-5-6-7(12)9(14)11(16)10(15)8(6)13/h4-5H2,1-3H3. The predicted octanol–water partition coefficient (Wildman–Crippen LogP) is 3.64. The highest BCUT2D eigenvalue weighted by molar-refractivity contribution is 6.64. The summed E-state index contributed by atoms with van der Waals surface area (Å²) in [6, 6.07) is 0. The van der Waals surface area contributed by atoms with Crippen molar-refractivity contribution in [2.24, 2.45) is 0 Å². The summed E-state index contributed by atoms with van der Waals surface area (Å²) >= 11 is 0. The van der Waals surface area contributed by atoms with E-state index in [1.807, 2.05) is 0 Å². The van der Waals surface area contributed by atoms with Crippen LogP contribution in [-0.2, 0) is 15.5 Å². The van der Waals surface area contributed by atoms with E-state index in [1.165, 1.54) is 0 Å². The first-order valence-electron chi connectivity index (χ1n) is 5.49. The van der Waals surface area contributed by atoms with Crippen LogP contribution < -0.4 is 0 Å². The number of halogens is 5. The van der Waals surface area contributed by atoms with Crippen molar-refractivity contribution >= 4 is 8.56 Å². The van der Waals surface area contributed by atoms with E-state index in [2.05, 4.69) is 0 Å². The maximum absolute atomic E-state index is 13.3. The lowest BCUT2D eigenvalue weighted by Crippen LogP contribution is -2.34. The summed E-state index contributed by atoms with van der Waals surface area (Å²) in [7, 11) is -2.65. The summed E-state index contributed by atoms with van der Waals surface area (Å²) in [6.45, 7) is 4.50. The molecule has 0 N–H and O–H groups in total. The summed E-state index contributed by atoms with van der Waals surface area (Å²) in [6.07, 6.45) is 0. The highest BCUT2D eigenvalue weighted by Gasteiger charge is 2.29. The highest BCUT2D eigenvalue weighted by Crippen LogP contribution is 2.24. The molecule has 19 heavy (non-hydrogen) atoms. The van der Waals surface area contributed by atoms with Crippen LogP contribution >= 0.6 is 0 Å². The van der Waals surface area contributed by atoms with Gasteiger partial charge >= 0.3 is 8.56 Å². The summed E-state index contributed by atoms with van der Waals surface area (Å²) < 4.78 is 75.7. The van der Waals surface area contributed by atoms with Crippen molar-refractivity contribution in [3.8, 4) is 0 Å². The van der Waals surface area contributed by atoms with E-state index in [4.69, 9.17) is 8.85 Å². The van der Waals surface area contributed by atoms with Gasteiger partial charge in [-0.1, -0.05) is 0 Å². The molecule has 0 bridgehead atoms. The van der Waals surface area contributed by atoms with Crippen molar-refractivity contribution in [2.45, 2.75) is 26.6 Å². The van der Waals surface area contributed by atoms with Gasteiger partial charge in [0.25, 0.3) is 0 Å². The number of rotatable bonds is 5. The van der Waals surface area contributed by atoms with Crippen molar-refractivity contribution in [1.29, 1.82) is 0 Å². The smallest absolute Gasteiger partial charge is 0.332 e. The van der Waals surface area contributed by atoms with E-state index >= 15 is 0 Å². The zero-order chi connectivity index (χ0) is 14.8. The van der Waals surface area contributed by atoms with Gasteiger partial charge in [-0.3, -0.25) is 0 Å². The van der Waals surface area contributed by atoms with Gasteiger partial charge in [0.2, 0.25) is 5.82 Å². The molecule has 0 unspecified atom stereocenters. The van der Waals surface area contributed by atoms with Gasteiger partial charge in [0, 0.05) is 6.61 Å². The number of benzene rings is 1. The zero-order valence-corrected chi connectivity index (χ0v) is 11.6. The predicted molar refractivity (Wildman–Crippen MR) is 60.1 cm³/mol. The Morgan fingerprint density at radius 2 is 1.21 bits per heavy atom. The first-order valence-corrected chi connectivity index (χ1v) is 8.31. The second-order valence-electron chi connectivity index (χ2n) is 4.17. The molecule has 1 aromatic rings. The lowest BCUT2D eigenvalue weighted by molar-refractivity contribution is 0.173. The van der Waals surface area contributed by atoms with Crippen molar-refractivity contribution in [1.82, 2.24) is 0 Å². The average molecular weight is 300 g/mol. The van der Waals surface area contributed by atoms with Crippen LogP contribution in [-0.4, -0.2) is 15.2 Å². The van der Waals surface area contributed by atoms with Gasteiger partial charge in [0.05, 0.1) is 12.2 Å². The third-order valence-corrected chi connectivity index (χ3v) is 4.18. The Bertz CT molecular complexity index is 450. The fourth-order valence-electron chi connectivity index (χ4n) is 1.41. The van der Waals surface area contributed by atoms with E-state index in [0.29, 0.717) is 6.61 Å². The Morgan fingerprint density at radius 1 is 0.789 bits per heavy atom. The largest absolute Gasteiger partial charge is 0.395 e. The van der Waals surface area contributed by atoms with Crippen LogP contribution in [0.15, 0.2) is 0 Å². The molecule has 0 aliphatic carbocycles. The monoisotopic (exact) mass is 300 g/mol. The first kappa shape index (κ1) is 16.1. The van der Waals surface area contributed by atoms with Crippen LogP contribution in [0.25, 0.3) is 0 Å². The van der Waals surface area contributed by atoms with E-state index in [1.54, 1.807) is 20.0 Å². The molecule has 1 rings (SSSR count). The summed E-state index contributed by atoms with van der Waals surface area (Å²) in [5.41, 5.74) is -0.989. The van der Waals surface area contributed by atoms with Crippen LogP contribution in [0.1, 0.15) is 12.5 Å². The topological polar surface area (TPSA) is 18.5 Å². The molecule has 0 aromatic heterocycles. The fraction of sp³-hybridized carbons (Fsp3) is 0.455. The highest BCUT2D eigenvalue weighted by atomic mass is 28.4. The van der Waals surface area contributed by atoms with Gasteiger partial charge in [0.1, 0.15) is 0 Å². The van der Waals surface area contributed by atoms with Crippen molar-refractivity contribution in [3.63, 3.8) is 0 Å². The molecule has 0 spiro atoms. The Morgan fingerprint density at radius 3 is 1.63 bits per heavy atom. The van der Waals surface area contributed by atoms with Crippen LogP contribution in [0.5, 0.6) is 0 Å². The zero-order valence-electron chi connectivity index (χ0n) is 10.6. The molecular formula is C11H13F5O2Si. The molecule has 0 heterocycles.